The van der Waals surface area contributed by atoms with Gasteiger partial charge in [0.1, 0.15) is 33.1 Å². The highest BCUT2D eigenvalue weighted by Crippen LogP contribution is 2.39. The van der Waals surface area contributed by atoms with Crippen LogP contribution in [0.2, 0.25) is 0 Å². The third-order valence-electron chi connectivity index (χ3n) is 11.4. The first-order valence-corrected chi connectivity index (χ1v) is 25.7. The van der Waals surface area contributed by atoms with Crippen molar-refractivity contribution in [1.82, 2.24) is 18.6 Å². The van der Waals surface area contributed by atoms with Crippen molar-refractivity contribution in [2.75, 3.05) is 83.5 Å². The number of ether oxygens (including phenoxy) is 3. The van der Waals surface area contributed by atoms with Crippen molar-refractivity contribution in [2.24, 2.45) is 0 Å². The van der Waals surface area contributed by atoms with Crippen LogP contribution in [0.1, 0.15) is 39.2 Å². The summed E-state index contributed by atoms with van der Waals surface area (Å²) in [5.74, 6) is -2.15. The minimum Gasteiger partial charge on any atom is -0.493 e. The van der Waals surface area contributed by atoms with Gasteiger partial charge in [-0.05, 0) is 79.4 Å². The van der Waals surface area contributed by atoms with E-state index >= 15 is 0 Å². The highest BCUT2D eigenvalue weighted by molar-refractivity contribution is 7.89. The molecule has 2 saturated heterocycles. The Morgan fingerprint density at radius 1 is 0.567 bits per heavy atom. The van der Waals surface area contributed by atoms with Gasteiger partial charge >= 0.3 is 0 Å². The predicted octanol–water partition coefficient (Wildman–Crippen LogP) is 8.00. The maximum Gasteiger partial charge on any atom is 0.246 e. The van der Waals surface area contributed by atoms with Gasteiger partial charge in [-0.2, -0.15) is 8.61 Å². The molecule has 6 aromatic rings. The van der Waals surface area contributed by atoms with Crippen molar-refractivity contribution in [2.45, 2.75) is 43.4 Å². The Morgan fingerprint density at radius 3 is 1.37 bits per heavy atom. The van der Waals surface area contributed by atoms with Crippen molar-refractivity contribution in [3.8, 4) is 17.2 Å². The zero-order valence-corrected chi connectivity index (χ0v) is 41.0. The number of rotatable bonds is 13. The lowest BCUT2D eigenvalue weighted by Crippen LogP contribution is -2.48. The molecule has 0 N–H and O–H groups in total. The van der Waals surface area contributed by atoms with Gasteiger partial charge in [0.2, 0.25) is 25.8 Å². The van der Waals surface area contributed by atoms with Crippen LogP contribution in [0.3, 0.4) is 0 Å². The number of hydrogen-bond acceptors (Lipinski definition) is 13. The predicted molar refractivity (Wildman–Crippen MR) is 251 cm³/mol. The van der Waals surface area contributed by atoms with Crippen LogP contribution in [0, 0.1) is 44.0 Å². The summed E-state index contributed by atoms with van der Waals surface area (Å²) < 4.78 is 124. The lowest BCUT2D eigenvalue weighted by atomic mass is 9.96. The van der Waals surface area contributed by atoms with Gasteiger partial charge in [0, 0.05) is 88.1 Å². The average Bonchev–Trinajstić information content (AvgIpc) is 3.97. The molecule has 4 aromatic carbocycles. The molecule has 0 amide bonds. The Balaban J connectivity index is 0.000000200. The van der Waals surface area contributed by atoms with Gasteiger partial charge in [-0.1, -0.05) is 17.7 Å². The van der Waals surface area contributed by atoms with Crippen LogP contribution < -0.4 is 24.0 Å². The molecule has 2 aromatic heterocycles. The Labute approximate surface area is 396 Å². The smallest absolute Gasteiger partial charge is 0.246 e. The third-order valence-corrected chi connectivity index (χ3v) is 17.2. The number of aryl methyl sites for hydroxylation is 3. The minimum absolute atomic E-state index is 0.168. The summed E-state index contributed by atoms with van der Waals surface area (Å²) in [4.78, 5) is 12.5. The maximum absolute atomic E-state index is 14.1. The Kier molecular flexibility index (Phi) is 15.5. The molecule has 13 nitrogen and oxygen atoms in total. The number of methoxy groups -OCH3 is 3. The number of hydrogen-bond donors (Lipinski definition) is 0. The number of aromatic nitrogens is 2. The largest absolute Gasteiger partial charge is 0.493 e. The van der Waals surface area contributed by atoms with E-state index in [4.69, 9.17) is 24.2 Å². The topological polar surface area (TPSA) is 135 Å². The molecule has 0 saturated carbocycles. The van der Waals surface area contributed by atoms with E-state index in [9.17, 15) is 34.4 Å². The monoisotopic (exact) mass is 1000 g/mol. The molecular weight excluding hydrogens is 953 g/mol. The molecule has 0 atom stereocenters. The summed E-state index contributed by atoms with van der Waals surface area (Å²) in [7, 11) is -3.40. The van der Waals surface area contributed by atoms with Crippen LogP contribution in [0.15, 0.2) is 81.2 Å². The quantitative estimate of drug-likeness (QED) is 0.104. The molecule has 8 rings (SSSR count). The average molecular weight is 1000 g/mol. The molecule has 2 aliphatic heterocycles. The van der Waals surface area contributed by atoms with E-state index in [0.29, 0.717) is 62.0 Å². The lowest BCUT2D eigenvalue weighted by Gasteiger charge is -2.33. The van der Waals surface area contributed by atoms with Crippen LogP contribution in [-0.2, 0) is 32.9 Å². The Bertz CT molecular complexity index is 2910. The molecule has 4 heterocycles. The highest BCUT2D eigenvalue weighted by Gasteiger charge is 2.33. The standard InChI is InChI=1S/C23H25F2N3O5S2.C23H25F2N3O2S2/c1-31-19-11-15(12-20(32-2)22(19)33-3)10-17-14-34-23(26-17)27-6-8-28(9-7-27)35(29,30)21-5-4-16(24)13-18(21)25;1-15-10-16(2)20(17(3)11-15)13-19-14-31-23(26-19)27-6-8-28(9-7-27)32(29,30)22-5-4-18(24)12-21(22)25/h4-5,11-14H,6-10H2,1-3H3;4-5,10-12,14H,6-9,13H2,1-3H3. The fourth-order valence-electron chi connectivity index (χ4n) is 8.05. The molecule has 0 spiro atoms. The van der Waals surface area contributed by atoms with Gasteiger partial charge in [-0.3, -0.25) is 0 Å². The highest BCUT2D eigenvalue weighted by atomic mass is 32.2. The van der Waals surface area contributed by atoms with Gasteiger partial charge in [0.15, 0.2) is 21.8 Å². The minimum atomic E-state index is -4.06. The fraction of sp³-hybridized carbons (Fsp3) is 0.348. The van der Waals surface area contributed by atoms with E-state index in [1.54, 1.807) is 32.7 Å². The zero-order chi connectivity index (χ0) is 48.2. The molecule has 0 bridgehead atoms. The second-order valence-corrected chi connectivity index (χ2v) is 21.4. The molecule has 0 unspecified atom stereocenters. The third kappa shape index (κ3) is 11.2. The zero-order valence-electron chi connectivity index (χ0n) is 37.7. The molecule has 0 aliphatic carbocycles. The number of benzene rings is 4. The van der Waals surface area contributed by atoms with Gasteiger partial charge in [0.25, 0.3) is 0 Å². The normalized spacial score (nSPS) is 15.0. The van der Waals surface area contributed by atoms with Gasteiger partial charge in [-0.15, -0.1) is 22.7 Å². The molecular formula is C46H50F4N6O7S4. The molecule has 358 valence electrons. The van der Waals surface area contributed by atoms with E-state index in [1.165, 1.54) is 42.2 Å². The molecule has 0 radical (unpaired) electrons. The van der Waals surface area contributed by atoms with E-state index in [2.05, 4.69) is 37.8 Å². The van der Waals surface area contributed by atoms with Gasteiger partial charge in [0.05, 0.1) is 32.7 Å². The summed E-state index contributed by atoms with van der Waals surface area (Å²) in [6, 6.07) is 13.1. The van der Waals surface area contributed by atoms with Crippen molar-refractivity contribution in [1.29, 1.82) is 0 Å². The lowest BCUT2D eigenvalue weighted by molar-refractivity contribution is 0.324. The molecule has 2 fully saturated rings. The second-order valence-electron chi connectivity index (χ2n) is 15.9. The van der Waals surface area contributed by atoms with Crippen LogP contribution >= 0.6 is 22.7 Å². The van der Waals surface area contributed by atoms with Crippen molar-refractivity contribution >= 4 is 53.0 Å². The van der Waals surface area contributed by atoms with Crippen molar-refractivity contribution in [3.05, 3.63) is 134 Å². The van der Waals surface area contributed by atoms with Gasteiger partial charge < -0.3 is 24.0 Å². The summed E-state index contributed by atoms with van der Waals surface area (Å²) in [5.41, 5.74) is 7.81. The number of halogens is 4. The number of piperazine rings is 2. The summed E-state index contributed by atoms with van der Waals surface area (Å²) >= 11 is 3.01. The van der Waals surface area contributed by atoms with E-state index in [-0.39, 0.29) is 26.2 Å². The van der Waals surface area contributed by atoms with E-state index < -0.39 is 53.1 Å². The maximum atomic E-state index is 14.1. The van der Waals surface area contributed by atoms with E-state index in [0.717, 1.165) is 57.9 Å². The van der Waals surface area contributed by atoms with E-state index in [1.807, 2.05) is 27.8 Å². The Morgan fingerprint density at radius 2 is 0.985 bits per heavy atom. The van der Waals surface area contributed by atoms with Crippen molar-refractivity contribution < 1.29 is 48.6 Å². The summed E-state index contributed by atoms with van der Waals surface area (Å²) in [5, 5.41) is 5.63. The molecule has 2 aliphatic rings. The Hall–Kier alpha value is -5.32. The van der Waals surface area contributed by atoms with Gasteiger partial charge in [-0.25, -0.2) is 44.4 Å². The number of thiazole rings is 2. The number of anilines is 2. The van der Waals surface area contributed by atoms with Crippen molar-refractivity contribution in [3.63, 3.8) is 0 Å². The molecule has 21 heteroatoms. The van der Waals surface area contributed by atoms with Crippen LogP contribution in [0.25, 0.3) is 0 Å². The van der Waals surface area contributed by atoms with Crippen LogP contribution in [0.5, 0.6) is 17.2 Å². The first-order valence-electron chi connectivity index (χ1n) is 21.1. The summed E-state index contributed by atoms with van der Waals surface area (Å²) in [6.07, 6.45) is 1.30. The van der Waals surface area contributed by atoms with Crippen LogP contribution in [-0.4, -0.2) is 109 Å². The number of nitrogens with zero attached hydrogens (tertiary/aromatic N) is 6. The molecule has 67 heavy (non-hydrogen) atoms. The SMILES string of the molecule is COc1cc(Cc2csc(N3CCN(S(=O)(=O)c4ccc(F)cc4F)CC3)n2)cc(OC)c1OC.Cc1cc(C)c(Cc2csc(N3CCN(S(=O)(=O)c4ccc(F)cc4F)CC3)n2)c(C)c1. The van der Waals surface area contributed by atoms with Crippen LogP contribution in [0.4, 0.5) is 27.8 Å². The summed E-state index contributed by atoms with van der Waals surface area (Å²) in [6.45, 7) is 8.80. The first kappa shape index (κ1) is 49.6. The fourth-order valence-corrected chi connectivity index (χ4v) is 12.7. The second kappa shape index (κ2) is 20.9. The number of sulfonamides is 2. The first-order chi connectivity index (χ1) is 31.9.